The lowest BCUT2D eigenvalue weighted by molar-refractivity contribution is 0.0946. The number of ether oxygens (including phenoxy) is 1. The van der Waals surface area contributed by atoms with Gasteiger partial charge < -0.3 is 15.4 Å². The second kappa shape index (κ2) is 8.10. The Bertz CT molecular complexity index is 1050. The maximum Gasteiger partial charge on any atom is 0.270 e. The summed E-state index contributed by atoms with van der Waals surface area (Å²) in [5, 5.41) is 5.75. The Kier molecular flexibility index (Phi) is 5.20. The molecule has 0 saturated heterocycles. The van der Waals surface area contributed by atoms with E-state index in [-0.39, 0.29) is 23.6 Å². The van der Waals surface area contributed by atoms with Crippen molar-refractivity contribution in [2.75, 3.05) is 12.4 Å². The Hall–Kier alpha value is -3.74. The quantitative estimate of drug-likeness (QED) is 0.676. The minimum atomic E-state index is -0.337. The largest absolute Gasteiger partial charge is 0.497 e. The lowest BCUT2D eigenvalue weighted by Gasteiger charge is -2.12. The Labute approximate surface area is 168 Å². The summed E-state index contributed by atoms with van der Waals surface area (Å²) in [5.41, 5.74) is 2.90. The molecule has 146 valence electrons. The van der Waals surface area contributed by atoms with Gasteiger partial charge in [0.25, 0.3) is 11.8 Å². The van der Waals surface area contributed by atoms with E-state index < -0.39 is 0 Å². The van der Waals surface area contributed by atoms with Gasteiger partial charge in [-0.2, -0.15) is 0 Å². The van der Waals surface area contributed by atoms with Gasteiger partial charge in [-0.25, -0.2) is 0 Å². The average molecular weight is 388 g/mol. The molecule has 29 heavy (non-hydrogen) atoms. The van der Waals surface area contributed by atoms with Gasteiger partial charge >= 0.3 is 0 Å². The lowest BCUT2D eigenvalue weighted by Crippen LogP contribution is -2.26. The molecular formula is C22H20N4O3. The van der Waals surface area contributed by atoms with Crippen LogP contribution in [-0.2, 0) is 0 Å². The van der Waals surface area contributed by atoms with Crippen LogP contribution in [0.3, 0.4) is 0 Å². The van der Waals surface area contributed by atoms with E-state index in [1.165, 1.54) is 12.3 Å². The van der Waals surface area contributed by atoms with Gasteiger partial charge in [0.2, 0.25) is 0 Å². The first-order chi connectivity index (χ1) is 14.1. The predicted octanol–water partition coefficient (Wildman–Crippen LogP) is 3.30. The third kappa shape index (κ3) is 4.40. The van der Waals surface area contributed by atoms with Crippen LogP contribution in [0.1, 0.15) is 33.7 Å². The summed E-state index contributed by atoms with van der Waals surface area (Å²) >= 11 is 0. The summed E-state index contributed by atoms with van der Waals surface area (Å²) in [6.07, 6.45) is 6.70. The van der Waals surface area contributed by atoms with Crippen molar-refractivity contribution < 1.29 is 14.3 Å². The first-order valence-electron chi connectivity index (χ1n) is 9.31. The number of carbonyl (C=O) groups excluding carboxylic acids is 2. The topological polar surface area (TPSA) is 93.2 Å². The van der Waals surface area contributed by atoms with Gasteiger partial charge in [0, 0.05) is 29.6 Å². The number of pyridine rings is 2. The van der Waals surface area contributed by atoms with Crippen LogP contribution in [0.5, 0.6) is 5.75 Å². The Balaban J connectivity index is 1.55. The van der Waals surface area contributed by atoms with Crippen molar-refractivity contribution in [2.45, 2.75) is 18.9 Å². The van der Waals surface area contributed by atoms with E-state index in [2.05, 4.69) is 20.6 Å². The van der Waals surface area contributed by atoms with Gasteiger partial charge in [0.1, 0.15) is 11.4 Å². The maximum absolute atomic E-state index is 12.8. The number of nitrogens with one attached hydrogen (secondary N) is 2. The Morgan fingerprint density at radius 3 is 2.55 bits per heavy atom. The molecule has 0 unspecified atom stereocenters. The van der Waals surface area contributed by atoms with Gasteiger partial charge in [-0.05, 0) is 48.7 Å². The minimum absolute atomic E-state index is 0.226. The summed E-state index contributed by atoms with van der Waals surface area (Å²) in [5.74, 6) is 0.153. The predicted molar refractivity (Wildman–Crippen MR) is 109 cm³/mol. The zero-order valence-corrected chi connectivity index (χ0v) is 15.9. The zero-order chi connectivity index (χ0) is 20.2. The number of rotatable bonds is 6. The molecule has 0 bridgehead atoms. The third-order valence-corrected chi connectivity index (χ3v) is 4.64. The van der Waals surface area contributed by atoms with Crippen LogP contribution in [-0.4, -0.2) is 34.9 Å². The molecule has 7 nitrogen and oxygen atoms in total. The highest BCUT2D eigenvalue weighted by molar-refractivity contribution is 6.07. The number of hydrogen-bond acceptors (Lipinski definition) is 5. The van der Waals surface area contributed by atoms with Gasteiger partial charge in [-0.15, -0.1) is 0 Å². The van der Waals surface area contributed by atoms with Crippen LogP contribution in [0.2, 0.25) is 0 Å². The Morgan fingerprint density at radius 1 is 1.03 bits per heavy atom. The molecule has 4 rings (SSSR count). The second-order valence-electron chi connectivity index (χ2n) is 6.78. The molecule has 1 aromatic carbocycles. The van der Waals surface area contributed by atoms with E-state index in [1.807, 2.05) is 30.3 Å². The van der Waals surface area contributed by atoms with Crippen LogP contribution < -0.4 is 15.4 Å². The molecule has 0 radical (unpaired) electrons. The van der Waals surface area contributed by atoms with Crippen molar-refractivity contribution in [3.8, 4) is 16.9 Å². The summed E-state index contributed by atoms with van der Waals surface area (Å²) in [6.45, 7) is 0. The van der Waals surface area contributed by atoms with Crippen LogP contribution in [0.15, 0.2) is 61.1 Å². The van der Waals surface area contributed by atoms with Crippen LogP contribution in [0.4, 0.5) is 5.69 Å². The first kappa shape index (κ1) is 18.6. The first-order valence-corrected chi connectivity index (χ1v) is 9.31. The highest BCUT2D eigenvalue weighted by Crippen LogP contribution is 2.29. The number of amides is 2. The van der Waals surface area contributed by atoms with Crippen molar-refractivity contribution in [1.29, 1.82) is 0 Å². The van der Waals surface area contributed by atoms with Gasteiger partial charge in [-0.3, -0.25) is 19.6 Å². The number of hydrogen-bond donors (Lipinski definition) is 2. The molecule has 2 heterocycles. The summed E-state index contributed by atoms with van der Waals surface area (Å²) in [6, 6.07) is 12.7. The van der Waals surface area contributed by atoms with Crippen LogP contribution in [0, 0.1) is 0 Å². The van der Waals surface area contributed by atoms with E-state index >= 15 is 0 Å². The maximum atomic E-state index is 12.8. The van der Waals surface area contributed by atoms with Crippen molar-refractivity contribution in [1.82, 2.24) is 15.3 Å². The van der Waals surface area contributed by atoms with Crippen LogP contribution in [0.25, 0.3) is 11.1 Å². The fourth-order valence-corrected chi connectivity index (χ4v) is 2.89. The summed E-state index contributed by atoms with van der Waals surface area (Å²) < 4.78 is 5.20. The number of methoxy groups -OCH3 is 1. The molecule has 1 saturated carbocycles. The number of aromatic nitrogens is 2. The SMILES string of the molecule is COc1ccc(-c2ccncc2NC(=O)c2ccnc(C(=O)NC3CC3)c2)cc1. The molecule has 1 aliphatic rings. The smallest absolute Gasteiger partial charge is 0.270 e. The minimum Gasteiger partial charge on any atom is -0.497 e. The molecular weight excluding hydrogens is 368 g/mol. The Morgan fingerprint density at radius 2 is 1.83 bits per heavy atom. The van der Waals surface area contributed by atoms with Crippen molar-refractivity contribution in [3.63, 3.8) is 0 Å². The third-order valence-electron chi connectivity index (χ3n) is 4.64. The van der Waals surface area contributed by atoms with Crippen LogP contribution >= 0.6 is 0 Å². The molecule has 2 aromatic heterocycles. The molecule has 1 fully saturated rings. The van der Waals surface area contributed by atoms with Crippen molar-refractivity contribution >= 4 is 17.5 Å². The number of carbonyl (C=O) groups is 2. The van der Waals surface area contributed by atoms with Crippen molar-refractivity contribution in [2.24, 2.45) is 0 Å². The fourth-order valence-electron chi connectivity index (χ4n) is 2.89. The summed E-state index contributed by atoms with van der Waals surface area (Å²) in [7, 11) is 1.61. The zero-order valence-electron chi connectivity index (χ0n) is 15.9. The van der Waals surface area contributed by atoms with Crippen molar-refractivity contribution in [3.05, 3.63) is 72.3 Å². The highest BCUT2D eigenvalue weighted by atomic mass is 16.5. The lowest BCUT2D eigenvalue weighted by atomic mass is 10.0. The number of benzene rings is 1. The highest BCUT2D eigenvalue weighted by Gasteiger charge is 2.24. The average Bonchev–Trinajstić information content (AvgIpc) is 3.58. The van der Waals surface area contributed by atoms with E-state index in [0.717, 1.165) is 29.7 Å². The second-order valence-corrected chi connectivity index (χ2v) is 6.78. The van der Waals surface area contributed by atoms with E-state index in [9.17, 15) is 9.59 Å². The van der Waals surface area contributed by atoms with Gasteiger partial charge in [0.05, 0.1) is 19.0 Å². The molecule has 0 spiro atoms. The van der Waals surface area contributed by atoms with Gasteiger partial charge in [0.15, 0.2) is 0 Å². The molecule has 2 N–H and O–H groups in total. The number of anilines is 1. The van der Waals surface area contributed by atoms with E-state index in [4.69, 9.17) is 4.74 Å². The number of nitrogens with zero attached hydrogens (tertiary/aromatic N) is 2. The van der Waals surface area contributed by atoms with E-state index in [0.29, 0.717) is 11.3 Å². The standard InChI is InChI=1S/C22H20N4O3/c1-29-17-6-2-14(3-7-17)18-9-10-23-13-20(18)26-21(27)15-8-11-24-19(12-15)22(28)25-16-4-5-16/h2-3,6-13,16H,4-5H2,1H3,(H,25,28)(H,26,27). The normalized spacial score (nSPS) is 12.9. The molecule has 3 aromatic rings. The molecule has 0 atom stereocenters. The van der Waals surface area contributed by atoms with E-state index in [1.54, 1.807) is 25.6 Å². The summed E-state index contributed by atoms with van der Waals surface area (Å²) in [4.78, 5) is 33.2. The monoisotopic (exact) mass is 388 g/mol. The molecule has 2 amide bonds. The molecule has 0 aliphatic heterocycles. The molecule has 1 aliphatic carbocycles. The fraction of sp³-hybridized carbons (Fsp3) is 0.182. The van der Waals surface area contributed by atoms with Gasteiger partial charge in [-0.1, -0.05) is 12.1 Å². The molecule has 7 heteroatoms.